The fourth-order valence-electron chi connectivity index (χ4n) is 0.639. The average molecular weight is 139 g/mol. The van der Waals surface area contributed by atoms with Crippen LogP contribution in [0.2, 0.25) is 0 Å². The molecule has 0 amide bonds. The molecule has 0 bridgehead atoms. The Bertz CT molecular complexity index is 217. The zero-order valence-electron chi connectivity index (χ0n) is 5.58. The monoisotopic (exact) mass is 139 g/mol. The summed E-state index contributed by atoms with van der Waals surface area (Å²) in [7, 11) is 0. The molecule has 0 saturated heterocycles. The maximum Gasteiger partial charge on any atom is 0.198 e. The molecule has 1 heterocycles. The summed E-state index contributed by atoms with van der Waals surface area (Å²) in [5.41, 5.74) is 0.567. The molecule has 0 aromatic carbocycles. The van der Waals surface area contributed by atoms with Gasteiger partial charge in [0.25, 0.3) is 0 Å². The molecule has 3 heteroatoms. The molecule has 0 aliphatic heterocycles. The lowest BCUT2D eigenvalue weighted by Crippen LogP contribution is -1.84. The van der Waals surface area contributed by atoms with Gasteiger partial charge in [0.05, 0.1) is 6.61 Å². The van der Waals surface area contributed by atoms with Crippen LogP contribution in [-0.2, 0) is 13.0 Å². The molecular weight excluding hydrogens is 130 g/mol. The third-order valence-corrected chi connectivity index (χ3v) is 1.08. The summed E-state index contributed by atoms with van der Waals surface area (Å²) in [5, 5.41) is 8.57. The highest BCUT2D eigenvalue weighted by atomic mass is 16.3. The minimum Gasteiger partial charge on any atom is -0.448 e. The molecule has 10 heavy (non-hydrogen) atoms. The molecule has 0 spiro atoms. The summed E-state index contributed by atoms with van der Waals surface area (Å²) in [4.78, 5) is 3.93. The minimum atomic E-state index is -0.0688. The minimum absolute atomic E-state index is 0.0688. The number of aliphatic hydroxyl groups excluding tert-OH is 1. The molecule has 0 unspecified atom stereocenters. The molecule has 0 aliphatic carbocycles. The average Bonchev–Trinajstić information content (AvgIpc) is 2.37. The summed E-state index contributed by atoms with van der Waals surface area (Å²) in [6.45, 7) is 3.46. The van der Waals surface area contributed by atoms with Gasteiger partial charge in [0.1, 0.15) is 12.0 Å². The van der Waals surface area contributed by atoms with Crippen molar-refractivity contribution >= 4 is 0 Å². The number of oxazole rings is 1. The van der Waals surface area contributed by atoms with Crippen molar-refractivity contribution in [3.8, 4) is 0 Å². The lowest BCUT2D eigenvalue weighted by Gasteiger charge is -1.82. The maximum absolute atomic E-state index is 8.57. The van der Waals surface area contributed by atoms with Crippen LogP contribution >= 0.6 is 0 Å². The van der Waals surface area contributed by atoms with Crippen molar-refractivity contribution in [2.75, 3.05) is 0 Å². The van der Waals surface area contributed by atoms with Gasteiger partial charge < -0.3 is 9.52 Å². The van der Waals surface area contributed by atoms with Gasteiger partial charge in [-0.3, -0.25) is 0 Å². The quantitative estimate of drug-likeness (QED) is 0.633. The molecule has 0 aliphatic rings. The van der Waals surface area contributed by atoms with Crippen LogP contribution in [0.5, 0.6) is 0 Å². The van der Waals surface area contributed by atoms with Crippen molar-refractivity contribution < 1.29 is 9.52 Å². The van der Waals surface area contributed by atoms with Crippen molar-refractivity contribution in [2.24, 2.45) is 0 Å². The first kappa shape index (κ1) is 7.02. The molecular formula is C7H9NO2. The van der Waals surface area contributed by atoms with Crippen LogP contribution in [0.1, 0.15) is 11.6 Å². The van der Waals surface area contributed by atoms with Crippen LogP contribution < -0.4 is 0 Å². The first-order valence-corrected chi connectivity index (χ1v) is 3.02. The van der Waals surface area contributed by atoms with Crippen LogP contribution in [0.25, 0.3) is 0 Å². The van der Waals surface area contributed by atoms with Crippen molar-refractivity contribution in [3.63, 3.8) is 0 Å². The summed E-state index contributed by atoms with van der Waals surface area (Å²) < 4.78 is 4.95. The van der Waals surface area contributed by atoms with Crippen molar-refractivity contribution in [3.05, 3.63) is 30.5 Å². The van der Waals surface area contributed by atoms with Gasteiger partial charge in [-0.2, -0.15) is 0 Å². The fraction of sp³-hybridized carbons (Fsp3) is 0.286. The molecule has 1 rings (SSSR count). The van der Waals surface area contributed by atoms with Crippen LogP contribution in [0.15, 0.2) is 23.3 Å². The number of allylic oxidation sites excluding steroid dienone is 1. The van der Waals surface area contributed by atoms with E-state index in [9.17, 15) is 0 Å². The standard InChI is InChI=1S/C7H9NO2/c1-2-3-7-8-6(4-9)5-10-7/h2,5,9H,1,3-4H2. The Labute approximate surface area is 59.0 Å². The Kier molecular flexibility index (Phi) is 2.23. The van der Waals surface area contributed by atoms with Gasteiger partial charge in [-0.05, 0) is 0 Å². The van der Waals surface area contributed by atoms with Crippen LogP contribution in [0.3, 0.4) is 0 Å². The Morgan fingerprint density at radius 1 is 1.80 bits per heavy atom. The Morgan fingerprint density at radius 3 is 3.10 bits per heavy atom. The second kappa shape index (κ2) is 3.17. The maximum atomic E-state index is 8.57. The highest BCUT2D eigenvalue weighted by Gasteiger charge is 1.98. The molecule has 0 atom stereocenters. The van der Waals surface area contributed by atoms with Crippen molar-refractivity contribution in [1.29, 1.82) is 0 Å². The zero-order chi connectivity index (χ0) is 7.40. The molecule has 54 valence electrons. The number of hydrogen-bond donors (Lipinski definition) is 1. The molecule has 3 nitrogen and oxygen atoms in total. The van der Waals surface area contributed by atoms with E-state index in [2.05, 4.69) is 11.6 Å². The van der Waals surface area contributed by atoms with Gasteiger partial charge >= 0.3 is 0 Å². The number of aromatic nitrogens is 1. The second-order valence-corrected chi connectivity index (χ2v) is 1.88. The first-order chi connectivity index (χ1) is 4.86. The summed E-state index contributed by atoms with van der Waals surface area (Å²) >= 11 is 0. The summed E-state index contributed by atoms with van der Waals surface area (Å²) in [6.07, 6.45) is 3.76. The number of aliphatic hydroxyl groups is 1. The van der Waals surface area contributed by atoms with Crippen molar-refractivity contribution in [2.45, 2.75) is 13.0 Å². The normalized spacial score (nSPS) is 9.70. The van der Waals surface area contributed by atoms with Crippen LogP contribution in [0.4, 0.5) is 0 Å². The van der Waals surface area contributed by atoms with Crippen molar-refractivity contribution in [1.82, 2.24) is 4.98 Å². The van der Waals surface area contributed by atoms with E-state index < -0.39 is 0 Å². The van der Waals surface area contributed by atoms with Gasteiger partial charge in [-0.15, -0.1) is 6.58 Å². The molecule has 1 aromatic heterocycles. The van der Waals surface area contributed by atoms with Gasteiger partial charge in [-0.1, -0.05) is 6.08 Å². The Balaban J connectivity index is 2.67. The lowest BCUT2D eigenvalue weighted by atomic mass is 10.4. The zero-order valence-corrected chi connectivity index (χ0v) is 5.58. The highest BCUT2D eigenvalue weighted by molar-refractivity contribution is 4.97. The van der Waals surface area contributed by atoms with Gasteiger partial charge in [-0.25, -0.2) is 4.98 Å². The van der Waals surface area contributed by atoms with Gasteiger partial charge in [0.15, 0.2) is 5.89 Å². The van der Waals surface area contributed by atoms with Crippen LogP contribution in [-0.4, -0.2) is 10.1 Å². The van der Waals surface area contributed by atoms with E-state index in [0.29, 0.717) is 18.0 Å². The molecule has 1 N–H and O–H groups in total. The molecule has 0 radical (unpaired) electrons. The van der Waals surface area contributed by atoms with E-state index in [1.54, 1.807) is 6.08 Å². The largest absolute Gasteiger partial charge is 0.448 e. The SMILES string of the molecule is C=CCc1nc(CO)co1. The van der Waals surface area contributed by atoms with E-state index in [0.717, 1.165) is 0 Å². The highest BCUT2D eigenvalue weighted by Crippen LogP contribution is 2.01. The second-order valence-electron chi connectivity index (χ2n) is 1.88. The predicted octanol–water partition coefficient (Wildman–Crippen LogP) is 0.895. The third-order valence-electron chi connectivity index (χ3n) is 1.08. The third kappa shape index (κ3) is 1.45. The van der Waals surface area contributed by atoms with E-state index in [1.807, 2.05) is 0 Å². The predicted molar refractivity (Wildman–Crippen MR) is 36.3 cm³/mol. The number of nitrogens with zero attached hydrogens (tertiary/aromatic N) is 1. The Hall–Kier alpha value is -1.09. The fourth-order valence-corrected chi connectivity index (χ4v) is 0.639. The molecule has 0 fully saturated rings. The number of rotatable bonds is 3. The number of hydrogen-bond acceptors (Lipinski definition) is 3. The van der Waals surface area contributed by atoms with Crippen LogP contribution in [0, 0.1) is 0 Å². The van der Waals surface area contributed by atoms with Gasteiger partial charge in [0.2, 0.25) is 0 Å². The lowest BCUT2D eigenvalue weighted by molar-refractivity contribution is 0.276. The van der Waals surface area contributed by atoms with E-state index in [4.69, 9.17) is 9.52 Å². The Morgan fingerprint density at radius 2 is 2.60 bits per heavy atom. The first-order valence-electron chi connectivity index (χ1n) is 3.02. The van der Waals surface area contributed by atoms with E-state index in [1.165, 1.54) is 6.26 Å². The van der Waals surface area contributed by atoms with E-state index in [-0.39, 0.29) is 6.61 Å². The summed E-state index contributed by atoms with van der Waals surface area (Å²) in [6, 6.07) is 0. The van der Waals surface area contributed by atoms with Gasteiger partial charge in [0, 0.05) is 6.42 Å². The molecule has 1 aromatic rings. The summed E-state index contributed by atoms with van der Waals surface area (Å²) in [5.74, 6) is 0.596. The topological polar surface area (TPSA) is 46.3 Å². The van der Waals surface area contributed by atoms with E-state index >= 15 is 0 Å². The smallest absolute Gasteiger partial charge is 0.198 e. The molecule has 0 saturated carbocycles.